The fourth-order valence-corrected chi connectivity index (χ4v) is 22.0. The van der Waals surface area contributed by atoms with Crippen molar-refractivity contribution in [1.82, 2.24) is 0 Å². The van der Waals surface area contributed by atoms with Gasteiger partial charge in [-0.1, -0.05) is 46.3 Å². The molecule has 20 unspecified atom stereocenters. The second-order valence-electron chi connectivity index (χ2n) is 36.3. The number of hydrogen-bond donors (Lipinski definition) is 20. The van der Waals surface area contributed by atoms with Crippen molar-refractivity contribution in [1.29, 1.82) is 0 Å². The van der Waals surface area contributed by atoms with E-state index in [0.29, 0.717) is 38.5 Å². The Kier molecular flexibility index (Phi) is 26.4. The molecule has 42 heteroatoms. The van der Waals surface area contributed by atoms with Crippen molar-refractivity contribution in [2.24, 2.45) is 44.8 Å². The van der Waals surface area contributed by atoms with Gasteiger partial charge in [0.15, 0.2) is 68.4 Å². The molecule has 0 spiro atoms. The van der Waals surface area contributed by atoms with E-state index in [9.17, 15) is 112 Å². The van der Waals surface area contributed by atoms with Crippen LogP contribution >= 0.6 is 0 Å². The van der Waals surface area contributed by atoms with Gasteiger partial charge in [-0.15, -0.1) is 0 Å². The highest BCUT2D eigenvalue weighted by atomic mass is 16.8. The number of rotatable bonds is 20. The van der Waals surface area contributed by atoms with E-state index in [-0.39, 0.29) is 25.2 Å². The summed E-state index contributed by atoms with van der Waals surface area (Å²) in [5, 5.41) is 221. The second-order valence-corrected chi connectivity index (χ2v) is 36.3. The molecule has 14 aliphatic rings. The Morgan fingerprint density at radius 1 is 0.466 bits per heavy atom. The third-order valence-corrected chi connectivity index (χ3v) is 29.1. The first-order valence-corrected chi connectivity index (χ1v) is 40.6. The van der Waals surface area contributed by atoms with E-state index >= 15 is 4.79 Å². The van der Waals surface area contributed by atoms with Crippen LogP contribution in [0.15, 0.2) is 11.6 Å². The molecule has 0 radical (unpaired) electrons. The minimum Gasteiger partial charge on any atom is -0.479 e. The second kappa shape index (κ2) is 34.4. The lowest BCUT2D eigenvalue weighted by Crippen LogP contribution is -2.70. The highest BCUT2D eigenvalue weighted by Gasteiger charge is 2.74. The van der Waals surface area contributed by atoms with Crippen molar-refractivity contribution in [2.75, 3.05) is 40.1 Å². The van der Waals surface area contributed by atoms with Gasteiger partial charge in [0.2, 0.25) is 6.29 Å². The summed E-state index contributed by atoms with van der Waals surface area (Å²) in [5.74, 6) is -3.92. The number of allylic oxidation sites excluding steroid dienone is 2. The Hall–Kier alpha value is -3.45. The number of aliphatic hydroxyl groups is 19. The number of fused-ring (bicyclic) bond motifs is 8. The first kappa shape index (κ1) is 90.8. The summed E-state index contributed by atoms with van der Waals surface area (Å²) < 4.78 is 116. The lowest BCUT2D eigenvalue weighted by Gasteiger charge is -2.71. The molecule has 13 fully saturated rings. The number of aliphatic carboxylic acids is 1. The molecule has 0 aromatic carbocycles. The van der Waals surface area contributed by atoms with Crippen LogP contribution < -0.4 is 0 Å². The molecule has 4 saturated carbocycles. The predicted octanol–water partition coefficient (Wildman–Crippen LogP) is -7.14. The number of ether oxygens (including phenoxy) is 19. The first-order valence-electron chi connectivity index (χ1n) is 40.6. The maximum absolute atomic E-state index is 16.2. The van der Waals surface area contributed by atoms with Crippen molar-refractivity contribution >= 4 is 18.1 Å². The molecule has 0 aromatic heterocycles. The standard InChI is InChI=1S/C76H118O42/c1-25-51(109-63-49(94)53(31(81)24-103-63)110-61-44(89)38(83)29(79)22-101-61)55(112-64-46(91)42(87)40(85)32(20-77)106-64)50(95)66(104-25)115-59-57-52(116-70(99)117-57)26(2)105-67(59)118-69(98)76-17-16-71(3,4)18-28(76)27-10-11-34-72(5)14-13-37(75(8,100-9)35(72)12-15-73(34,6)74(27,7)19-36(76)82)108-68-58(114-65-47(92)43(88)41(86)33(21-78)107-65)54(48(93)56(113-68)60(96)97)111-62-45(90)39(84)30(80)23-102-62/h10,25-26,28-59,61-68,77-95H,11-24H2,1-9H3,(H,96,97)/t25?,26?,28?,29-,30-,31-,32?,33?,34?,35-,36+,37+,38+,39+,40-,41+,42+,43+,44?,45?,46?,47?,48+,49?,50+,51+,52+,53+,54+,55?,56?,57+,58?,59?,61+,62+,63+,64+,65+,66?,67+,68-,72?,73?,74-,75?,76?/m1/s1. The predicted molar refractivity (Wildman–Crippen MR) is 379 cm³/mol. The zero-order valence-corrected chi connectivity index (χ0v) is 66.7. The van der Waals surface area contributed by atoms with Crippen LogP contribution in [0.4, 0.5) is 4.79 Å². The van der Waals surface area contributed by atoms with E-state index in [1.807, 2.05) is 6.92 Å². The van der Waals surface area contributed by atoms with E-state index in [1.165, 1.54) is 21.0 Å². The van der Waals surface area contributed by atoms with Crippen molar-refractivity contribution in [3.8, 4) is 0 Å². The Morgan fingerprint density at radius 3 is 1.55 bits per heavy atom. The largest absolute Gasteiger partial charge is 0.509 e. The molecule has 674 valence electrons. The summed E-state index contributed by atoms with van der Waals surface area (Å²) >= 11 is 0. The molecule has 0 amide bonds. The molecule has 47 atom stereocenters. The number of carboxylic acid groups (broad SMARTS) is 1. The molecule has 0 aromatic rings. The van der Waals surface area contributed by atoms with Crippen molar-refractivity contribution in [2.45, 2.75) is 358 Å². The maximum atomic E-state index is 16.2. The maximum Gasteiger partial charge on any atom is 0.509 e. The zero-order valence-electron chi connectivity index (χ0n) is 66.7. The van der Waals surface area contributed by atoms with Gasteiger partial charge in [0, 0.05) is 7.11 Å². The summed E-state index contributed by atoms with van der Waals surface area (Å²) in [4.78, 5) is 42.6. The third-order valence-electron chi connectivity index (χ3n) is 29.1. The van der Waals surface area contributed by atoms with Crippen LogP contribution in [0.2, 0.25) is 0 Å². The van der Waals surface area contributed by atoms with E-state index < -0.39 is 335 Å². The van der Waals surface area contributed by atoms with Crippen LogP contribution in [0.5, 0.6) is 0 Å². The molecule has 9 aliphatic heterocycles. The minimum absolute atomic E-state index is 0.0322. The number of carboxylic acids is 1. The molecule has 9 heterocycles. The van der Waals surface area contributed by atoms with Crippen LogP contribution in [0.1, 0.15) is 113 Å². The van der Waals surface area contributed by atoms with Crippen molar-refractivity contribution in [3.05, 3.63) is 11.6 Å². The molecule has 20 N–H and O–H groups in total. The van der Waals surface area contributed by atoms with Crippen LogP contribution in [0.25, 0.3) is 0 Å². The van der Waals surface area contributed by atoms with E-state index in [4.69, 9.17) is 90.0 Å². The van der Waals surface area contributed by atoms with E-state index in [0.717, 1.165) is 5.57 Å². The molecule has 5 aliphatic carbocycles. The normalized spacial score (nSPS) is 54.6. The Balaban J connectivity index is 0.733. The first-order chi connectivity index (χ1) is 55.5. The summed E-state index contributed by atoms with van der Waals surface area (Å²) in [6.07, 6.45) is -65.7. The molecular weight excluding hydrogens is 1580 g/mol. The van der Waals surface area contributed by atoms with Gasteiger partial charge >= 0.3 is 18.1 Å². The number of methoxy groups -OCH3 is 1. The van der Waals surface area contributed by atoms with Gasteiger partial charge in [0.25, 0.3) is 0 Å². The van der Waals surface area contributed by atoms with Gasteiger partial charge in [-0.05, 0) is 118 Å². The fourth-order valence-electron chi connectivity index (χ4n) is 22.0. The number of carbonyl (C=O) groups is 3. The Morgan fingerprint density at radius 2 is 0.966 bits per heavy atom. The number of esters is 1. The average molecular weight is 1700 g/mol. The zero-order chi connectivity index (χ0) is 85.6. The van der Waals surface area contributed by atoms with Gasteiger partial charge in [-0.3, -0.25) is 4.79 Å². The highest BCUT2D eigenvalue weighted by molar-refractivity contribution is 5.80. The molecule has 0 bridgehead atoms. The van der Waals surface area contributed by atoms with Gasteiger partial charge in [0.1, 0.15) is 146 Å². The summed E-state index contributed by atoms with van der Waals surface area (Å²) in [5.41, 5.74) is -4.68. The van der Waals surface area contributed by atoms with Gasteiger partial charge in [-0.25, -0.2) is 9.59 Å². The SMILES string of the molecule is COC1(C)[C@@H](O[C@@H]2OC(C(=O)O)[C@@H](O)[C@H](O[C@@H]3OC[C@@H](O)[C@H](O)C3O)C2O[C@@H]2OC(CO)[C@H](O)[C@H](O)C2O)CCC2(C)C3CC=C4C5CC(C)(C)CCC5(C(=O)O[C@@H]5OC(C)[C@@H]6OC(=O)O[C@@H]6C5OC5OC(C)[C@H](O[C@@H]6OC[C@@H](O)[C@H](O[C@@H]7OC[C@@H](O)[C@H](O)C7O)C6O)C(O[C@@H]6OC(CO)[C@@H](O)[C@H](O)C6O)[C@@H]5O)[C@@H](O)C[C@@]4(C)C3(C)CC[C@H]21. The lowest BCUT2D eigenvalue weighted by atomic mass is 9.34. The lowest BCUT2D eigenvalue weighted by molar-refractivity contribution is -0.395. The van der Waals surface area contributed by atoms with Crippen molar-refractivity contribution in [3.63, 3.8) is 0 Å². The minimum atomic E-state index is -2.21. The Labute approximate surface area is 677 Å². The molecule has 118 heavy (non-hydrogen) atoms. The summed E-state index contributed by atoms with van der Waals surface area (Å²) in [6, 6.07) is 0. The van der Waals surface area contributed by atoms with Crippen molar-refractivity contribution < 1.29 is 207 Å². The van der Waals surface area contributed by atoms with Crippen LogP contribution in [-0.2, 0) is 99.6 Å². The van der Waals surface area contributed by atoms with Gasteiger partial charge in [-0.2, -0.15) is 0 Å². The van der Waals surface area contributed by atoms with Crippen LogP contribution in [0.3, 0.4) is 0 Å². The third kappa shape index (κ3) is 15.6. The summed E-state index contributed by atoms with van der Waals surface area (Å²) in [7, 11) is 1.49. The molecular formula is C76H118O42. The monoisotopic (exact) mass is 1700 g/mol. The molecule has 42 nitrogen and oxygen atoms in total. The molecule has 14 rings (SSSR count). The van der Waals surface area contributed by atoms with E-state index in [1.54, 1.807) is 0 Å². The Bertz CT molecular complexity index is 3530. The average Bonchev–Trinajstić information content (AvgIpc) is 0.855. The number of carbonyl (C=O) groups excluding carboxylic acids is 2. The summed E-state index contributed by atoms with van der Waals surface area (Å²) in [6.45, 7) is 11.9. The smallest absolute Gasteiger partial charge is 0.479 e. The van der Waals surface area contributed by atoms with Gasteiger partial charge < -0.3 is 192 Å². The quantitative estimate of drug-likeness (QED) is 0.0306. The van der Waals surface area contributed by atoms with Crippen LogP contribution in [-0.4, -0.2) is 406 Å². The van der Waals surface area contributed by atoms with E-state index in [2.05, 4.69) is 40.7 Å². The van der Waals surface area contributed by atoms with Crippen LogP contribution in [0, 0.1) is 44.8 Å². The highest BCUT2D eigenvalue weighted by Crippen LogP contribution is 2.76. The topological polar surface area (TPSA) is 631 Å². The fraction of sp³-hybridized carbons (Fsp3) is 0.934. The number of hydrogen-bond acceptors (Lipinski definition) is 41. The van der Waals surface area contributed by atoms with Gasteiger partial charge in [0.05, 0.1) is 63.1 Å². The molecule has 9 saturated heterocycles. The number of aliphatic hydroxyl groups excluding tert-OH is 19.